The van der Waals surface area contributed by atoms with E-state index < -0.39 is 0 Å². The van der Waals surface area contributed by atoms with Gasteiger partial charge in [-0.25, -0.2) is 0 Å². The van der Waals surface area contributed by atoms with Crippen molar-refractivity contribution in [2.24, 2.45) is 35.5 Å². The van der Waals surface area contributed by atoms with Crippen LogP contribution in [0.25, 0.3) is 0 Å². The van der Waals surface area contributed by atoms with Crippen LogP contribution in [-0.2, 0) is 12.8 Å². The van der Waals surface area contributed by atoms with E-state index >= 15 is 0 Å². The smallest absolute Gasteiger partial charge is 0.00561 e. The van der Waals surface area contributed by atoms with Crippen molar-refractivity contribution in [3.05, 3.63) is 57.7 Å². The minimum absolute atomic E-state index is 0.858. The summed E-state index contributed by atoms with van der Waals surface area (Å²) >= 11 is 0. The maximum atomic E-state index is 2.56. The molecule has 8 unspecified atom stereocenters. The number of benzene rings is 1. The monoisotopic (exact) mass is 314 g/mol. The van der Waals surface area contributed by atoms with E-state index in [-0.39, 0.29) is 0 Å². The third-order valence-corrected chi connectivity index (χ3v) is 9.18. The lowest BCUT2D eigenvalue weighted by Crippen LogP contribution is -2.15. The van der Waals surface area contributed by atoms with Crippen LogP contribution in [-0.4, -0.2) is 0 Å². The van der Waals surface area contributed by atoms with Gasteiger partial charge in [0.15, 0.2) is 0 Å². The summed E-state index contributed by atoms with van der Waals surface area (Å²) in [5, 5.41) is 0. The SMILES string of the molecule is Cc1c(C)c2c(c3c1C1C4C=CC(C4)C1C3)CC1C3C=CC(C3)C21. The van der Waals surface area contributed by atoms with E-state index in [0.717, 1.165) is 47.3 Å². The maximum Gasteiger partial charge on any atom is -0.00561 e. The Morgan fingerprint density at radius 2 is 1.04 bits per heavy atom. The highest BCUT2D eigenvalue weighted by atomic mass is 14.6. The van der Waals surface area contributed by atoms with Gasteiger partial charge in [-0.05, 0) is 120 Å². The number of hydrogen-bond acceptors (Lipinski definition) is 0. The molecule has 0 amide bonds. The summed E-state index contributed by atoms with van der Waals surface area (Å²) in [6.07, 6.45) is 15.9. The van der Waals surface area contributed by atoms with Gasteiger partial charge in [0.1, 0.15) is 0 Å². The Morgan fingerprint density at radius 3 is 1.50 bits per heavy atom. The highest BCUT2D eigenvalue weighted by Gasteiger charge is 2.54. The molecule has 8 atom stereocenters. The van der Waals surface area contributed by atoms with Gasteiger partial charge in [0.25, 0.3) is 0 Å². The van der Waals surface area contributed by atoms with Gasteiger partial charge in [0.2, 0.25) is 0 Å². The molecule has 0 aromatic heterocycles. The van der Waals surface area contributed by atoms with Crippen molar-refractivity contribution in [2.75, 3.05) is 0 Å². The van der Waals surface area contributed by atoms with Crippen LogP contribution < -0.4 is 0 Å². The summed E-state index contributed by atoms with van der Waals surface area (Å²) in [5.74, 6) is 7.11. The molecule has 4 bridgehead atoms. The summed E-state index contributed by atoms with van der Waals surface area (Å²) in [4.78, 5) is 0. The first-order chi connectivity index (χ1) is 11.7. The van der Waals surface area contributed by atoms with Crippen LogP contribution in [0.4, 0.5) is 0 Å². The van der Waals surface area contributed by atoms with Crippen molar-refractivity contribution >= 4 is 0 Å². The molecule has 0 spiro atoms. The topological polar surface area (TPSA) is 0 Å². The Balaban J connectivity index is 1.46. The summed E-state index contributed by atoms with van der Waals surface area (Å²) in [5.41, 5.74) is 10.7. The fraction of sp³-hybridized carbons (Fsp3) is 0.583. The van der Waals surface area contributed by atoms with E-state index in [4.69, 9.17) is 0 Å². The first-order valence-corrected chi connectivity index (χ1v) is 10.2. The van der Waals surface area contributed by atoms with E-state index in [1.54, 1.807) is 11.1 Å². The molecule has 0 radical (unpaired) electrons. The molecular formula is C24H26. The third-order valence-electron chi connectivity index (χ3n) is 9.18. The van der Waals surface area contributed by atoms with Gasteiger partial charge >= 0.3 is 0 Å². The predicted molar refractivity (Wildman–Crippen MR) is 97.3 cm³/mol. The Labute approximate surface area is 145 Å². The molecule has 1 aromatic carbocycles. The second-order valence-corrected chi connectivity index (χ2v) is 9.72. The summed E-state index contributed by atoms with van der Waals surface area (Å²) < 4.78 is 0. The molecule has 0 aliphatic heterocycles. The van der Waals surface area contributed by atoms with Gasteiger partial charge in [0.05, 0.1) is 0 Å². The Morgan fingerprint density at radius 1 is 0.625 bits per heavy atom. The molecule has 2 saturated carbocycles. The zero-order chi connectivity index (χ0) is 15.7. The standard InChI is InChI=1S/C24H26/c1-11-12(2)22-20(10-18-14-4-6-16(8-14)24(18)22)19-9-17-13-3-5-15(7-13)23(17)21(11)19/h3-6,13-18,23-24H,7-10H2,1-2H3. The molecule has 0 heteroatoms. The molecule has 1 aromatic rings. The van der Waals surface area contributed by atoms with Gasteiger partial charge in [-0.1, -0.05) is 24.3 Å². The van der Waals surface area contributed by atoms with Gasteiger partial charge in [-0.3, -0.25) is 0 Å². The summed E-state index contributed by atoms with van der Waals surface area (Å²) in [7, 11) is 0. The van der Waals surface area contributed by atoms with E-state index in [9.17, 15) is 0 Å². The van der Waals surface area contributed by atoms with Gasteiger partial charge < -0.3 is 0 Å². The van der Waals surface area contributed by atoms with Gasteiger partial charge in [0, 0.05) is 0 Å². The molecular weight excluding hydrogens is 288 g/mol. The highest BCUT2D eigenvalue weighted by Crippen LogP contribution is 2.64. The number of rotatable bonds is 0. The molecule has 24 heavy (non-hydrogen) atoms. The van der Waals surface area contributed by atoms with Gasteiger partial charge in [-0.2, -0.15) is 0 Å². The fourth-order valence-electron chi connectivity index (χ4n) is 8.28. The van der Waals surface area contributed by atoms with E-state index in [2.05, 4.69) is 38.2 Å². The van der Waals surface area contributed by atoms with E-state index in [1.165, 1.54) is 25.7 Å². The summed E-state index contributed by atoms with van der Waals surface area (Å²) in [6.45, 7) is 4.92. The predicted octanol–water partition coefficient (Wildman–Crippen LogP) is 5.23. The van der Waals surface area contributed by atoms with Crippen LogP contribution in [0.1, 0.15) is 58.1 Å². The molecule has 0 heterocycles. The van der Waals surface area contributed by atoms with Crippen LogP contribution in [0.3, 0.4) is 0 Å². The molecule has 2 fully saturated rings. The Kier molecular flexibility index (Phi) is 2.12. The fourth-order valence-corrected chi connectivity index (χ4v) is 8.28. The minimum atomic E-state index is 0.858. The quantitative estimate of drug-likeness (QED) is 0.575. The second-order valence-electron chi connectivity index (χ2n) is 9.72. The largest absolute Gasteiger partial charge is 0.0848 e. The average Bonchev–Trinajstić information content (AvgIpc) is 3.39. The molecule has 6 aliphatic rings. The molecule has 122 valence electrons. The lowest BCUT2D eigenvalue weighted by molar-refractivity contribution is 0.419. The zero-order valence-electron chi connectivity index (χ0n) is 14.8. The first-order valence-electron chi connectivity index (χ1n) is 10.2. The van der Waals surface area contributed by atoms with Crippen molar-refractivity contribution in [3.63, 3.8) is 0 Å². The van der Waals surface area contributed by atoms with Crippen LogP contribution in [0.5, 0.6) is 0 Å². The van der Waals surface area contributed by atoms with Crippen molar-refractivity contribution in [1.82, 2.24) is 0 Å². The van der Waals surface area contributed by atoms with E-state index in [1.807, 2.05) is 22.3 Å². The van der Waals surface area contributed by atoms with Crippen LogP contribution in [0.15, 0.2) is 24.3 Å². The van der Waals surface area contributed by atoms with Crippen molar-refractivity contribution < 1.29 is 0 Å². The molecule has 0 N–H and O–H groups in total. The van der Waals surface area contributed by atoms with Crippen molar-refractivity contribution in [2.45, 2.75) is 51.4 Å². The molecule has 6 aliphatic carbocycles. The van der Waals surface area contributed by atoms with Crippen molar-refractivity contribution in [3.8, 4) is 0 Å². The van der Waals surface area contributed by atoms with Crippen LogP contribution in [0.2, 0.25) is 0 Å². The molecule has 0 nitrogen and oxygen atoms in total. The second kappa shape index (κ2) is 3.92. The van der Waals surface area contributed by atoms with Crippen LogP contribution >= 0.6 is 0 Å². The summed E-state index contributed by atoms with van der Waals surface area (Å²) in [6, 6.07) is 0. The average molecular weight is 314 g/mol. The molecule has 7 rings (SSSR count). The maximum absolute atomic E-state index is 2.56. The van der Waals surface area contributed by atoms with E-state index in [0.29, 0.717) is 0 Å². The van der Waals surface area contributed by atoms with Gasteiger partial charge in [-0.15, -0.1) is 0 Å². The van der Waals surface area contributed by atoms with Crippen molar-refractivity contribution in [1.29, 1.82) is 0 Å². The molecule has 0 saturated heterocycles. The normalized spacial score (nSPS) is 47.4. The highest BCUT2D eigenvalue weighted by molar-refractivity contribution is 5.61. The van der Waals surface area contributed by atoms with Crippen LogP contribution in [0, 0.1) is 49.4 Å². The minimum Gasteiger partial charge on any atom is -0.0848 e. The lowest BCUT2D eigenvalue weighted by atomic mass is 9.78. The Hall–Kier alpha value is -1.30. The number of hydrogen-bond donors (Lipinski definition) is 0. The number of fused-ring (bicyclic) bond motifs is 15. The Bertz CT molecular complexity index is 783. The zero-order valence-corrected chi connectivity index (χ0v) is 14.8. The lowest BCUT2D eigenvalue weighted by Gasteiger charge is -2.26. The first kappa shape index (κ1) is 13.0. The third kappa shape index (κ3) is 1.23. The number of allylic oxidation sites excluding steroid dienone is 4.